The molecule has 0 bridgehead atoms. The highest BCUT2D eigenvalue weighted by Gasteiger charge is 2.28. The molecule has 6 nitrogen and oxygen atoms in total. The molecule has 1 amide bonds. The van der Waals surface area contributed by atoms with Crippen LogP contribution in [0, 0.1) is 0 Å². The van der Waals surface area contributed by atoms with Gasteiger partial charge in [-0.05, 0) is 35.4 Å². The SMILES string of the molecule is O=C1CC(c2ccc(OCc3ccc(Cl)cc3)c(Cl)c2)n2ncnc2N1. The first kappa shape index (κ1) is 16.9. The van der Waals surface area contributed by atoms with E-state index in [1.54, 1.807) is 16.8 Å². The van der Waals surface area contributed by atoms with Gasteiger partial charge < -0.3 is 4.74 Å². The van der Waals surface area contributed by atoms with Crippen molar-refractivity contribution in [3.05, 3.63) is 70.0 Å². The standard InChI is InChI=1S/C18H14Cl2N4O2/c19-13-4-1-11(2-5-13)9-26-16-6-3-12(7-14(16)20)15-8-17(25)23-18-21-10-22-24(15)18/h1-7,10,15H,8-9H2,(H,21,22,23,25). The number of anilines is 1. The van der Waals surface area contributed by atoms with Crippen LogP contribution in [0.5, 0.6) is 5.75 Å². The third kappa shape index (κ3) is 3.38. The second-order valence-electron chi connectivity index (χ2n) is 5.90. The molecule has 1 aliphatic rings. The Morgan fingerprint density at radius 1 is 1.19 bits per heavy atom. The molecule has 0 aliphatic carbocycles. The molecule has 1 aliphatic heterocycles. The monoisotopic (exact) mass is 388 g/mol. The van der Waals surface area contributed by atoms with Crippen LogP contribution in [0.15, 0.2) is 48.8 Å². The summed E-state index contributed by atoms with van der Waals surface area (Å²) in [6, 6.07) is 12.7. The number of halogens is 2. The van der Waals surface area contributed by atoms with Crippen molar-refractivity contribution in [2.75, 3.05) is 5.32 Å². The molecule has 0 spiro atoms. The summed E-state index contributed by atoms with van der Waals surface area (Å²) in [7, 11) is 0. The highest BCUT2D eigenvalue weighted by Crippen LogP contribution is 2.33. The Hall–Kier alpha value is -2.57. The molecule has 0 saturated carbocycles. The van der Waals surface area contributed by atoms with E-state index in [1.165, 1.54) is 6.33 Å². The molecule has 1 aromatic heterocycles. The van der Waals surface area contributed by atoms with Crippen molar-refractivity contribution >= 4 is 35.1 Å². The number of hydrogen-bond donors (Lipinski definition) is 1. The quantitative estimate of drug-likeness (QED) is 0.730. The number of carbonyl (C=O) groups excluding carboxylic acids is 1. The first-order valence-corrected chi connectivity index (χ1v) is 8.72. The molecule has 3 aromatic rings. The highest BCUT2D eigenvalue weighted by atomic mass is 35.5. The molecule has 2 aromatic carbocycles. The van der Waals surface area contributed by atoms with E-state index in [-0.39, 0.29) is 18.4 Å². The molecule has 0 saturated heterocycles. The fourth-order valence-corrected chi connectivity index (χ4v) is 3.22. The van der Waals surface area contributed by atoms with E-state index in [2.05, 4.69) is 15.4 Å². The number of nitrogens with zero attached hydrogens (tertiary/aromatic N) is 3. The minimum Gasteiger partial charge on any atom is -0.487 e. The van der Waals surface area contributed by atoms with Gasteiger partial charge in [-0.3, -0.25) is 10.1 Å². The third-order valence-electron chi connectivity index (χ3n) is 4.15. The Balaban J connectivity index is 1.53. The van der Waals surface area contributed by atoms with Crippen LogP contribution in [0.1, 0.15) is 23.6 Å². The van der Waals surface area contributed by atoms with Gasteiger partial charge in [0.1, 0.15) is 18.7 Å². The number of carbonyl (C=O) groups is 1. The van der Waals surface area contributed by atoms with E-state index in [0.29, 0.717) is 28.3 Å². The van der Waals surface area contributed by atoms with Crippen LogP contribution in [-0.4, -0.2) is 20.7 Å². The van der Waals surface area contributed by atoms with Gasteiger partial charge >= 0.3 is 0 Å². The predicted molar refractivity (Wildman–Crippen MR) is 98.6 cm³/mol. The zero-order chi connectivity index (χ0) is 18.1. The Bertz CT molecular complexity index is 956. The first-order valence-electron chi connectivity index (χ1n) is 7.96. The van der Waals surface area contributed by atoms with Gasteiger partial charge in [-0.2, -0.15) is 10.1 Å². The van der Waals surface area contributed by atoms with Gasteiger partial charge in [0.15, 0.2) is 0 Å². The molecule has 1 N–H and O–H groups in total. The summed E-state index contributed by atoms with van der Waals surface area (Å²) in [6.45, 7) is 0.384. The maximum Gasteiger partial charge on any atom is 0.229 e. The summed E-state index contributed by atoms with van der Waals surface area (Å²) in [5.74, 6) is 0.907. The maximum atomic E-state index is 11.9. The first-order chi connectivity index (χ1) is 12.6. The highest BCUT2D eigenvalue weighted by molar-refractivity contribution is 6.32. The van der Waals surface area contributed by atoms with Crippen molar-refractivity contribution in [2.45, 2.75) is 19.1 Å². The Morgan fingerprint density at radius 3 is 2.77 bits per heavy atom. The molecular weight excluding hydrogens is 375 g/mol. The minimum atomic E-state index is -0.246. The van der Waals surface area contributed by atoms with Crippen LogP contribution >= 0.6 is 23.2 Å². The number of nitrogens with one attached hydrogen (secondary N) is 1. The van der Waals surface area contributed by atoms with E-state index < -0.39 is 0 Å². The number of benzene rings is 2. The van der Waals surface area contributed by atoms with Crippen molar-refractivity contribution in [1.82, 2.24) is 14.8 Å². The van der Waals surface area contributed by atoms with Crippen LogP contribution in [0.4, 0.5) is 5.95 Å². The van der Waals surface area contributed by atoms with Crippen LogP contribution in [0.25, 0.3) is 0 Å². The van der Waals surface area contributed by atoms with Gasteiger partial charge in [-0.25, -0.2) is 4.68 Å². The molecular formula is C18H14Cl2N4O2. The van der Waals surface area contributed by atoms with E-state index in [0.717, 1.165) is 11.1 Å². The second-order valence-corrected chi connectivity index (χ2v) is 6.74. The summed E-state index contributed by atoms with van der Waals surface area (Å²) < 4.78 is 7.47. The van der Waals surface area contributed by atoms with Crippen molar-refractivity contribution in [1.29, 1.82) is 0 Å². The molecule has 0 radical (unpaired) electrons. The molecule has 1 unspecified atom stereocenters. The number of amides is 1. The van der Waals surface area contributed by atoms with E-state index in [1.807, 2.05) is 30.3 Å². The summed E-state index contributed by atoms with van der Waals surface area (Å²) in [5.41, 5.74) is 1.86. The lowest BCUT2D eigenvalue weighted by atomic mass is 10.0. The number of fused-ring (bicyclic) bond motifs is 1. The van der Waals surface area contributed by atoms with Crippen molar-refractivity contribution in [3.63, 3.8) is 0 Å². The zero-order valence-electron chi connectivity index (χ0n) is 13.5. The largest absolute Gasteiger partial charge is 0.487 e. The topological polar surface area (TPSA) is 69.0 Å². The van der Waals surface area contributed by atoms with Gasteiger partial charge in [-0.15, -0.1) is 0 Å². The summed E-state index contributed by atoms with van der Waals surface area (Å²) in [4.78, 5) is 15.9. The lowest BCUT2D eigenvalue weighted by Gasteiger charge is -2.24. The van der Waals surface area contributed by atoms with Crippen molar-refractivity contribution in [2.24, 2.45) is 0 Å². The zero-order valence-corrected chi connectivity index (χ0v) is 15.0. The second kappa shape index (κ2) is 6.97. The molecule has 1 atom stereocenters. The van der Waals surface area contributed by atoms with Gasteiger partial charge in [0.05, 0.1) is 17.5 Å². The van der Waals surface area contributed by atoms with Crippen LogP contribution in [0.2, 0.25) is 10.0 Å². The molecule has 2 heterocycles. The van der Waals surface area contributed by atoms with E-state index in [4.69, 9.17) is 27.9 Å². The number of ether oxygens (including phenoxy) is 1. The van der Waals surface area contributed by atoms with Crippen molar-refractivity contribution < 1.29 is 9.53 Å². The van der Waals surface area contributed by atoms with Crippen LogP contribution in [0.3, 0.4) is 0 Å². The third-order valence-corrected chi connectivity index (χ3v) is 4.69. The summed E-state index contributed by atoms with van der Waals surface area (Å²) >= 11 is 12.3. The molecule has 0 fully saturated rings. The lowest BCUT2D eigenvalue weighted by molar-refractivity contribution is -0.117. The fraction of sp³-hybridized carbons (Fsp3) is 0.167. The van der Waals surface area contributed by atoms with Crippen molar-refractivity contribution in [3.8, 4) is 5.75 Å². The minimum absolute atomic E-state index is 0.102. The van der Waals surface area contributed by atoms with Gasteiger partial charge in [-0.1, -0.05) is 41.4 Å². The molecule has 4 rings (SSSR count). The molecule has 132 valence electrons. The van der Waals surface area contributed by atoms with Crippen LogP contribution in [-0.2, 0) is 11.4 Å². The van der Waals surface area contributed by atoms with Gasteiger partial charge in [0.25, 0.3) is 0 Å². The van der Waals surface area contributed by atoms with E-state index >= 15 is 0 Å². The number of hydrogen-bond acceptors (Lipinski definition) is 4. The molecule has 26 heavy (non-hydrogen) atoms. The van der Waals surface area contributed by atoms with E-state index in [9.17, 15) is 4.79 Å². The Morgan fingerprint density at radius 2 is 2.00 bits per heavy atom. The Labute approximate surface area is 159 Å². The number of rotatable bonds is 4. The maximum absolute atomic E-state index is 11.9. The lowest BCUT2D eigenvalue weighted by Crippen LogP contribution is -2.29. The fourth-order valence-electron chi connectivity index (χ4n) is 2.85. The predicted octanol–water partition coefficient (Wildman–Crippen LogP) is 4.10. The van der Waals surface area contributed by atoms with Gasteiger partial charge in [0, 0.05) is 5.02 Å². The summed E-state index contributed by atoms with van der Waals surface area (Å²) in [6.07, 6.45) is 1.69. The summed E-state index contributed by atoms with van der Waals surface area (Å²) in [5, 5.41) is 8.04. The smallest absolute Gasteiger partial charge is 0.229 e. The Kier molecular flexibility index (Phi) is 4.53. The average Bonchev–Trinajstić information content (AvgIpc) is 3.09. The van der Waals surface area contributed by atoms with Gasteiger partial charge in [0.2, 0.25) is 11.9 Å². The normalized spacial score (nSPS) is 16.1. The number of aromatic nitrogens is 3. The average molecular weight is 389 g/mol. The van der Waals surface area contributed by atoms with Crippen LogP contribution < -0.4 is 10.1 Å². The molecule has 8 heteroatoms.